The summed E-state index contributed by atoms with van der Waals surface area (Å²) in [4.78, 5) is 14.5. The molecule has 1 heterocycles. The second kappa shape index (κ2) is 9.77. The Morgan fingerprint density at radius 3 is 2.62 bits per heavy atom. The number of benzene rings is 1. The van der Waals surface area contributed by atoms with E-state index in [2.05, 4.69) is 40.7 Å². The van der Waals surface area contributed by atoms with E-state index in [1.807, 2.05) is 12.1 Å². The lowest BCUT2D eigenvalue weighted by Crippen LogP contribution is -2.32. The van der Waals surface area contributed by atoms with Crippen molar-refractivity contribution in [3.63, 3.8) is 0 Å². The van der Waals surface area contributed by atoms with Crippen molar-refractivity contribution < 1.29 is 4.79 Å². The Hall–Kier alpha value is -1.81. The Bertz CT molecular complexity index is 600. The highest BCUT2D eigenvalue weighted by atomic mass is 16.1. The molecule has 1 saturated heterocycles. The minimum absolute atomic E-state index is 0.0298. The van der Waals surface area contributed by atoms with Gasteiger partial charge in [0.2, 0.25) is 5.91 Å². The van der Waals surface area contributed by atoms with Crippen LogP contribution in [0.25, 0.3) is 0 Å². The Balaban J connectivity index is 1.36. The number of carbonyl (C=O) groups excluding carboxylic acids is 1. The second-order valence-electron chi connectivity index (χ2n) is 7.80. The largest absolute Gasteiger partial charge is 0.372 e. The number of anilines is 2. The summed E-state index contributed by atoms with van der Waals surface area (Å²) in [5, 5.41) is 6.24. The first-order chi connectivity index (χ1) is 12.7. The van der Waals surface area contributed by atoms with Crippen molar-refractivity contribution in [3.05, 3.63) is 35.9 Å². The van der Waals surface area contributed by atoms with Gasteiger partial charge < -0.3 is 15.5 Å². The van der Waals surface area contributed by atoms with Crippen LogP contribution in [0.3, 0.4) is 0 Å². The van der Waals surface area contributed by atoms with Crippen molar-refractivity contribution >= 4 is 17.3 Å². The second-order valence-corrected chi connectivity index (χ2v) is 7.80. The number of hydrogen-bond donors (Lipinski definition) is 2. The first-order valence-corrected chi connectivity index (χ1v) is 10.2. The summed E-state index contributed by atoms with van der Waals surface area (Å²) in [6.07, 6.45) is 11.1. The van der Waals surface area contributed by atoms with Crippen molar-refractivity contribution in [1.29, 1.82) is 0 Å². The summed E-state index contributed by atoms with van der Waals surface area (Å²) in [5.41, 5.74) is 3.68. The zero-order valence-corrected chi connectivity index (χ0v) is 16.1. The van der Waals surface area contributed by atoms with E-state index < -0.39 is 0 Å². The third kappa shape index (κ3) is 5.87. The van der Waals surface area contributed by atoms with Gasteiger partial charge in [0.15, 0.2) is 0 Å². The van der Waals surface area contributed by atoms with Gasteiger partial charge in [0.25, 0.3) is 0 Å². The topological polar surface area (TPSA) is 44.4 Å². The van der Waals surface area contributed by atoms with Crippen LogP contribution in [0, 0.1) is 5.92 Å². The number of nitrogens with one attached hydrogen (secondary N) is 2. The standard InChI is InChI=1S/C22H33N3O/c1-18-12-15-25(16-13-18)21-9-7-20(8-10-21)24-22(26)17-23-14-11-19-5-3-2-4-6-19/h5,7-10,18,23H,2-4,6,11-17H2,1H3,(H,24,26). The monoisotopic (exact) mass is 355 g/mol. The van der Waals surface area contributed by atoms with E-state index in [0.717, 1.165) is 37.7 Å². The van der Waals surface area contributed by atoms with Crippen LogP contribution in [0.5, 0.6) is 0 Å². The maximum absolute atomic E-state index is 12.1. The minimum atomic E-state index is 0.0298. The van der Waals surface area contributed by atoms with Gasteiger partial charge in [-0.25, -0.2) is 0 Å². The summed E-state index contributed by atoms with van der Waals surface area (Å²) < 4.78 is 0. The molecule has 3 rings (SSSR count). The number of piperidine rings is 1. The smallest absolute Gasteiger partial charge is 0.238 e. The van der Waals surface area contributed by atoms with Gasteiger partial charge in [-0.05, 0) is 81.7 Å². The van der Waals surface area contributed by atoms with E-state index in [1.54, 1.807) is 5.57 Å². The number of allylic oxidation sites excluding steroid dienone is 1. The van der Waals surface area contributed by atoms with Crippen LogP contribution in [0.4, 0.5) is 11.4 Å². The average molecular weight is 356 g/mol. The van der Waals surface area contributed by atoms with Crippen molar-refractivity contribution in [1.82, 2.24) is 5.32 Å². The minimum Gasteiger partial charge on any atom is -0.372 e. The number of amides is 1. The van der Waals surface area contributed by atoms with Gasteiger partial charge in [0.1, 0.15) is 0 Å². The third-order valence-corrected chi connectivity index (χ3v) is 5.59. The lowest BCUT2D eigenvalue weighted by Gasteiger charge is -2.32. The molecular formula is C22H33N3O. The fourth-order valence-corrected chi connectivity index (χ4v) is 3.81. The quantitative estimate of drug-likeness (QED) is 0.565. The molecule has 0 unspecified atom stereocenters. The van der Waals surface area contributed by atoms with E-state index >= 15 is 0 Å². The molecule has 2 N–H and O–H groups in total. The van der Waals surface area contributed by atoms with Gasteiger partial charge in [0, 0.05) is 24.5 Å². The van der Waals surface area contributed by atoms with Gasteiger partial charge in [-0.1, -0.05) is 18.6 Å². The highest BCUT2D eigenvalue weighted by molar-refractivity contribution is 5.92. The van der Waals surface area contributed by atoms with E-state index in [4.69, 9.17) is 0 Å². The van der Waals surface area contributed by atoms with Crippen LogP contribution >= 0.6 is 0 Å². The molecule has 0 bridgehead atoms. The fourth-order valence-electron chi connectivity index (χ4n) is 3.81. The van der Waals surface area contributed by atoms with Crippen LogP contribution in [-0.4, -0.2) is 32.1 Å². The lowest BCUT2D eigenvalue weighted by molar-refractivity contribution is -0.115. The summed E-state index contributed by atoms with van der Waals surface area (Å²) in [6.45, 7) is 5.85. The molecule has 1 fully saturated rings. The van der Waals surface area contributed by atoms with Crippen molar-refractivity contribution in [3.8, 4) is 0 Å². The van der Waals surface area contributed by atoms with Gasteiger partial charge in [-0.15, -0.1) is 0 Å². The Morgan fingerprint density at radius 1 is 1.15 bits per heavy atom. The summed E-state index contributed by atoms with van der Waals surface area (Å²) in [6, 6.07) is 8.26. The van der Waals surface area contributed by atoms with E-state index in [-0.39, 0.29) is 5.91 Å². The van der Waals surface area contributed by atoms with Crippen molar-refractivity contribution in [2.24, 2.45) is 5.92 Å². The van der Waals surface area contributed by atoms with Gasteiger partial charge in [0.05, 0.1) is 6.54 Å². The van der Waals surface area contributed by atoms with Crippen molar-refractivity contribution in [2.75, 3.05) is 36.4 Å². The Labute approximate surface area is 158 Å². The maximum atomic E-state index is 12.1. The molecule has 1 aromatic rings. The molecule has 4 nitrogen and oxygen atoms in total. The molecule has 2 aliphatic rings. The van der Waals surface area contributed by atoms with Crippen LogP contribution in [0.2, 0.25) is 0 Å². The van der Waals surface area contributed by atoms with E-state index in [0.29, 0.717) is 6.54 Å². The van der Waals surface area contributed by atoms with Gasteiger partial charge in [-0.3, -0.25) is 4.79 Å². The molecule has 1 aliphatic heterocycles. The highest BCUT2D eigenvalue weighted by Gasteiger charge is 2.15. The number of hydrogen-bond acceptors (Lipinski definition) is 3. The summed E-state index contributed by atoms with van der Waals surface area (Å²) >= 11 is 0. The fraction of sp³-hybridized carbons (Fsp3) is 0.591. The molecule has 0 atom stereocenters. The predicted molar refractivity (Wildman–Crippen MR) is 110 cm³/mol. The first kappa shape index (κ1) is 19.0. The number of rotatable bonds is 7. The molecule has 0 saturated carbocycles. The van der Waals surface area contributed by atoms with Crippen LogP contribution in [0.15, 0.2) is 35.9 Å². The Morgan fingerprint density at radius 2 is 1.92 bits per heavy atom. The molecule has 0 radical (unpaired) electrons. The molecule has 1 aromatic carbocycles. The third-order valence-electron chi connectivity index (χ3n) is 5.59. The van der Waals surface area contributed by atoms with Crippen molar-refractivity contribution in [2.45, 2.75) is 51.9 Å². The van der Waals surface area contributed by atoms with Crippen LogP contribution in [0.1, 0.15) is 51.9 Å². The SMILES string of the molecule is CC1CCN(c2ccc(NC(=O)CNCCC3=CCCCC3)cc2)CC1. The molecule has 1 aliphatic carbocycles. The maximum Gasteiger partial charge on any atom is 0.238 e. The zero-order chi connectivity index (χ0) is 18.2. The molecule has 1 amide bonds. The molecule has 0 aromatic heterocycles. The van der Waals surface area contributed by atoms with E-state index in [1.165, 1.54) is 44.2 Å². The first-order valence-electron chi connectivity index (χ1n) is 10.2. The lowest BCUT2D eigenvalue weighted by atomic mass is 9.97. The summed E-state index contributed by atoms with van der Waals surface area (Å²) in [7, 11) is 0. The van der Waals surface area contributed by atoms with Gasteiger partial charge >= 0.3 is 0 Å². The zero-order valence-electron chi connectivity index (χ0n) is 16.1. The normalized spacial score (nSPS) is 18.5. The molecule has 142 valence electrons. The number of carbonyl (C=O) groups is 1. The summed E-state index contributed by atoms with van der Waals surface area (Å²) in [5.74, 6) is 0.869. The predicted octanol–water partition coefficient (Wildman–Crippen LogP) is 4.34. The average Bonchev–Trinajstić information content (AvgIpc) is 2.67. The van der Waals surface area contributed by atoms with Crippen LogP contribution in [-0.2, 0) is 4.79 Å². The molecule has 0 spiro atoms. The van der Waals surface area contributed by atoms with E-state index in [9.17, 15) is 4.79 Å². The van der Waals surface area contributed by atoms with Gasteiger partial charge in [-0.2, -0.15) is 0 Å². The molecular weight excluding hydrogens is 322 g/mol. The Kier molecular flexibility index (Phi) is 7.13. The highest BCUT2D eigenvalue weighted by Crippen LogP contribution is 2.24. The molecule has 26 heavy (non-hydrogen) atoms. The number of nitrogens with zero attached hydrogens (tertiary/aromatic N) is 1. The van der Waals surface area contributed by atoms with Crippen LogP contribution < -0.4 is 15.5 Å². The molecule has 4 heteroatoms.